The topological polar surface area (TPSA) is 32.3 Å². The van der Waals surface area contributed by atoms with Gasteiger partial charge in [-0.2, -0.15) is 0 Å². The Labute approximate surface area is 76.2 Å². The Morgan fingerprint density at radius 3 is 2.92 bits per heavy atom. The van der Waals surface area contributed by atoms with Crippen LogP contribution in [0.2, 0.25) is 0 Å². The highest BCUT2D eigenvalue weighted by Crippen LogP contribution is 2.32. The van der Waals surface area contributed by atoms with Crippen molar-refractivity contribution in [3.8, 4) is 0 Å². The number of rotatable bonds is 2. The first kappa shape index (κ1) is 8.23. The fourth-order valence-electron chi connectivity index (χ4n) is 1.54. The molecule has 66 valence electrons. The molecule has 2 nitrogen and oxygen atoms in total. The van der Waals surface area contributed by atoms with Crippen molar-refractivity contribution in [1.29, 1.82) is 0 Å². The molecular formula is C9H13NOS. The van der Waals surface area contributed by atoms with Crippen molar-refractivity contribution in [3.63, 3.8) is 0 Å². The lowest BCUT2D eigenvalue weighted by atomic mass is 9.92. The lowest BCUT2D eigenvalue weighted by molar-refractivity contribution is -0.0119. The van der Waals surface area contributed by atoms with E-state index < -0.39 is 5.60 Å². The fraction of sp³-hybridized carbons (Fsp3) is 0.556. The lowest BCUT2D eigenvalue weighted by Gasteiger charge is -2.37. The van der Waals surface area contributed by atoms with Crippen molar-refractivity contribution >= 4 is 11.3 Å². The van der Waals surface area contributed by atoms with E-state index in [1.54, 1.807) is 11.3 Å². The number of aliphatic hydroxyl groups is 1. The summed E-state index contributed by atoms with van der Waals surface area (Å²) >= 11 is 1.67. The molecule has 0 spiro atoms. The summed E-state index contributed by atoms with van der Waals surface area (Å²) in [4.78, 5) is 1.16. The van der Waals surface area contributed by atoms with Crippen LogP contribution >= 0.6 is 11.3 Å². The summed E-state index contributed by atoms with van der Waals surface area (Å²) in [7, 11) is 0. The molecule has 0 aliphatic carbocycles. The molecule has 2 N–H and O–H groups in total. The molecule has 1 aromatic heterocycles. The molecule has 0 aromatic carbocycles. The maximum absolute atomic E-state index is 10.0. The molecule has 0 bridgehead atoms. The lowest BCUT2D eigenvalue weighted by Crippen LogP contribution is -2.56. The van der Waals surface area contributed by atoms with Gasteiger partial charge in [-0.15, -0.1) is 11.3 Å². The molecule has 0 saturated carbocycles. The first-order valence-corrected chi connectivity index (χ1v) is 5.14. The Balaban J connectivity index is 2.31. The van der Waals surface area contributed by atoms with E-state index in [4.69, 9.17) is 0 Å². The molecule has 2 rings (SSSR count). The summed E-state index contributed by atoms with van der Waals surface area (Å²) in [6.07, 6.45) is 1.02. The number of nitrogens with one attached hydrogen (secondary N) is 1. The van der Waals surface area contributed by atoms with E-state index in [1.807, 2.05) is 0 Å². The van der Waals surface area contributed by atoms with E-state index in [9.17, 15) is 5.11 Å². The van der Waals surface area contributed by atoms with Gasteiger partial charge in [0.25, 0.3) is 0 Å². The van der Waals surface area contributed by atoms with Crippen LogP contribution in [0.1, 0.15) is 17.4 Å². The zero-order valence-electron chi connectivity index (χ0n) is 7.13. The number of aryl methyl sites for hydroxylation is 1. The minimum atomic E-state index is -0.556. The smallest absolute Gasteiger partial charge is 0.124 e. The third-order valence-electron chi connectivity index (χ3n) is 2.39. The molecule has 1 aliphatic rings. The zero-order chi connectivity index (χ0) is 8.60. The van der Waals surface area contributed by atoms with E-state index in [1.165, 1.54) is 5.56 Å². The Bertz CT molecular complexity index is 278. The Morgan fingerprint density at radius 2 is 2.42 bits per heavy atom. The molecule has 1 aromatic rings. The van der Waals surface area contributed by atoms with Crippen LogP contribution in [-0.2, 0) is 12.0 Å². The van der Waals surface area contributed by atoms with Gasteiger partial charge in [0.15, 0.2) is 0 Å². The SMILES string of the molecule is CCc1ccsc1C1(O)CNC1. The van der Waals surface area contributed by atoms with Crippen LogP contribution in [0.3, 0.4) is 0 Å². The van der Waals surface area contributed by atoms with E-state index in [0.717, 1.165) is 11.3 Å². The maximum atomic E-state index is 10.0. The number of β-amino-alcohol motifs (C(OH)–C–C–N with tert-alkyl or cyclic N) is 1. The second-order valence-electron chi connectivity index (χ2n) is 3.26. The second-order valence-corrected chi connectivity index (χ2v) is 4.18. The van der Waals surface area contributed by atoms with E-state index >= 15 is 0 Å². The minimum Gasteiger partial charge on any atom is -0.382 e. The number of thiophene rings is 1. The minimum absolute atomic E-state index is 0.556. The van der Waals surface area contributed by atoms with Gasteiger partial charge in [0.1, 0.15) is 5.60 Å². The van der Waals surface area contributed by atoms with Crippen molar-refractivity contribution in [2.75, 3.05) is 13.1 Å². The van der Waals surface area contributed by atoms with Crippen molar-refractivity contribution in [3.05, 3.63) is 21.9 Å². The molecule has 0 amide bonds. The molecule has 1 aliphatic heterocycles. The van der Waals surface area contributed by atoms with E-state index in [0.29, 0.717) is 13.1 Å². The van der Waals surface area contributed by atoms with Crippen molar-refractivity contribution in [1.82, 2.24) is 5.32 Å². The number of hydrogen-bond acceptors (Lipinski definition) is 3. The van der Waals surface area contributed by atoms with Gasteiger partial charge in [-0.3, -0.25) is 0 Å². The van der Waals surface area contributed by atoms with Crippen molar-refractivity contribution < 1.29 is 5.11 Å². The molecular weight excluding hydrogens is 170 g/mol. The summed E-state index contributed by atoms with van der Waals surface area (Å²) in [6.45, 7) is 3.54. The summed E-state index contributed by atoms with van der Waals surface area (Å²) in [5.74, 6) is 0. The van der Waals surface area contributed by atoms with Gasteiger partial charge in [-0.05, 0) is 23.4 Å². The van der Waals surface area contributed by atoms with E-state index in [2.05, 4.69) is 23.7 Å². The van der Waals surface area contributed by atoms with Gasteiger partial charge in [0, 0.05) is 18.0 Å². The maximum Gasteiger partial charge on any atom is 0.124 e. The Hall–Kier alpha value is -0.380. The zero-order valence-corrected chi connectivity index (χ0v) is 7.95. The highest BCUT2D eigenvalue weighted by Gasteiger charge is 2.38. The average molecular weight is 183 g/mol. The summed E-state index contributed by atoms with van der Waals surface area (Å²) in [6, 6.07) is 2.11. The fourth-order valence-corrected chi connectivity index (χ4v) is 2.64. The predicted molar refractivity (Wildman–Crippen MR) is 50.5 cm³/mol. The summed E-state index contributed by atoms with van der Waals surface area (Å²) in [5.41, 5.74) is 0.739. The summed E-state index contributed by atoms with van der Waals surface area (Å²) < 4.78 is 0. The van der Waals surface area contributed by atoms with Gasteiger partial charge in [0.2, 0.25) is 0 Å². The first-order chi connectivity index (χ1) is 5.76. The molecule has 2 heterocycles. The van der Waals surface area contributed by atoms with Crippen LogP contribution in [0.25, 0.3) is 0 Å². The van der Waals surface area contributed by atoms with Crippen molar-refractivity contribution in [2.24, 2.45) is 0 Å². The van der Waals surface area contributed by atoms with Gasteiger partial charge in [-0.1, -0.05) is 6.92 Å². The Kier molecular flexibility index (Phi) is 1.94. The summed E-state index contributed by atoms with van der Waals surface area (Å²) in [5, 5.41) is 15.2. The van der Waals surface area contributed by atoms with Crippen LogP contribution in [0, 0.1) is 0 Å². The highest BCUT2D eigenvalue weighted by atomic mass is 32.1. The van der Waals surface area contributed by atoms with Crippen LogP contribution in [0.15, 0.2) is 11.4 Å². The first-order valence-electron chi connectivity index (χ1n) is 4.26. The van der Waals surface area contributed by atoms with Crippen LogP contribution in [-0.4, -0.2) is 18.2 Å². The number of hydrogen-bond donors (Lipinski definition) is 2. The van der Waals surface area contributed by atoms with Crippen LogP contribution < -0.4 is 5.32 Å². The standard InChI is InChI=1S/C9H13NOS/c1-2-7-3-4-12-8(7)9(11)5-10-6-9/h3-4,10-11H,2,5-6H2,1H3. The molecule has 12 heavy (non-hydrogen) atoms. The average Bonchev–Trinajstić information content (AvgIpc) is 2.47. The third kappa shape index (κ3) is 1.09. The largest absolute Gasteiger partial charge is 0.382 e. The van der Waals surface area contributed by atoms with Gasteiger partial charge < -0.3 is 10.4 Å². The van der Waals surface area contributed by atoms with E-state index in [-0.39, 0.29) is 0 Å². The highest BCUT2D eigenvalue weighted by molar-refractivity contribution is 7.10. The normalized spacial score (nSPS) is 20.5. The molecule has 0 unspecified atom stereocenters. The molecule has 0 atom stereocenters. The van der Waals surface area contributed by atoms with Gasteiger partial charge in [0.05, 0.1) is 0 Å². The quantitative estimate of drug-likeness (QED) is 0.719. The third-order valence-corrected chi connectivity index (χ3v) is 3.54. The molecule has 0 radical (unpaired) electrons. The predicted octanol–water partition coefficient (Wildman–Crippen LogP) is 1.10. The molecule has 1 fully saturated rings. The van der Waals surface area contributed by atoms with Gasteiger partial charge in [-0.25, -0.2) is 0 Å². The molecule has 1 saturated heterocycles. The van der Waals surface area contributed by atoms with Gasteiger partial charge >= 0.3 is 0 Å². The second kappa shape index (κ2) is 2.83. The molecule has 3 heteroatoms. The van der Waals surface area contributed by atoms with Crippen molar-refractivity contribution in [2.45, 2.75) is 18.9 Å². The van der Waals surface area contributed by atoms with Crippen LogP contribution in [0.5, 0.6) is 0 Å². The Morgan fingerprint density at radius 1 is 1.67 bits per heavy atom. The van der Waals surface area contributed by atoms with Crippen LogP contribution in [0.4, 0.5) is 0 Å². The monoisotopic (exact) mass is 183 g/mol.